The first-order chi connectivity index (χ1) is 9.76. The zero-order valence-corrected chi connectivity index (χ0v) is 13.8. The van der Waals surface area contributed by atoms with Crippen LogP contribution in [0.5, 0.6) is 5.75 Å². The highest BCUT2D eigenvalue weighted by molar-refractivity contribution is 7.99. The van der Waals surface area contributed by atoms with Gasteiger partial charge in [-0.3, -0.25) is 0 Å². The van der Waals surface area contributed by atoms with Crippen molar-refractivity contribution in [3.8, 4) is 5.75 Å². The van der Waals surface area contributed by atoms with Crippen molar-refractivity contribution in [1.29, 1.82) is 0 Å². The zero-order chi connectivity index (χ0) is 14.0. The Hall–Kier alpha value is -0.230. The SMILES string of the molecule is CNC(c1cc(OC)cs1)C1CCOC2(CCSC2)C1. The molecule has 0 aromatic carbocycles. The Morgan fingerprint density at radius 1 is 1.55 bits per heavy atom. The van der Waals surface area contributed by atoms with Crippen LogP contribution in [-0.2, 0) is 4.74 Å². The number of ether oxygens (including phenoxy) is 2. The fraction of sp³-hybridized carbons (Fsp3) is 0.733. The maximum atomic E-state index is 6.14. The molecule has 0 aliphatic carbocycles. The standard InChI is InChI=1S/C15H23NO2S2/c1-16-14(13-7-12(17-2)9-20-13)11-3-5-18-15(8-11)4-6-19-10-15/h7,9,11,14,16H,3-6,8,10H2,1-2H3. The molecule has 2 aliphatic heterocycles. The van der Waals surface area contributed by atoms with Gasteiger partial charge < -0.3 is 14.8 Å². The van der Waals surface area contributed by atoms with E-state index in [0.29, 0.717) is 12.0 Å². The van der Waals surface area contributed by atoms with Crippen LogP contribution in [0, 0.1) is 5.92 Å². The third kappa shape index (κ3) is 2.86. The van der Waals surface area contributed by atoms with E-state index in [2.05, 4.69) is 23.8 Å². The maximum Gasteiger partial charge on any atom is 0.129 e. The second-order valence-corrected chi connectivity index (χ2v) is 7.79. The summed E-state index contributed by atoms with van der Waals surface area (Å²) in [7, 11) is 3.81. The number of thiophene rings is 1. The number of methoxy groups -OCH3 is 1. The van der Waals surface area contributed by atoms with E-state index in [9.17, 15) is 0 Å². The topological polar surface area (TPSA) is 30.5 Å². The first kappa shape index (κ1) is 14.7. The number of hydrogen-bond acceptors (Lipinski definition) is 5. The van der Waals surface area contributed by atoms with Crippen LogP contribution >= 0.6 is 23.1 Å². The molecule has 3 atom stereocenters. The third-order valence-corrected chi connectivity index (χ3v) is 6.74. The van der Waals surface area contributed by atoms with Gasteiger partial charge in [-0.25, -0.2) is 0 Å². The largest absolute Gasteiger partial charge is 0.496 e. The molecule has 3 rings (SSSR count). The van der Waals surface area contributed by atoms with Crippen molar-refractivity contribution in [3.05, 3.63) is 16.3 Å². The van der Waals surface area contributed by atoms with Crippen molar-refractivity contribution in [2.45, 2.75) is 30.9 Å². The summed E-state index contributed by atoms with van der Waals surface area (Å²) < 4.78 is 11.5. The van der Waals surface area contributed by atoms with Crippen molar-refractivity contribution in [2.24, 2.45) is 5.92 Å². The van der Waals surface area contributed by atoms with Gasteiger partial charge in [-0.2, -0.15) is 11.8 Å². The van der Waals surface area contributed by atoms with Gasteiger partial charge in [0.05, 0.1) is 12.7 Å². The van der Waals surface area contributed by atoms with Crippen LogP contribution < -0.4 is 10.1 Å². The highest BCUT2D eigenvalue weighted by Gasteiger charge is 2.42. The van der Waals surface area contributed by atoms with Crippen LogP contribution in [0.25, 0.3) is 0 Å². The lowest BCUT2D eigenvalue weighted by atomic mass is 9.81. The summed E-state index contributed by atoms with van der Waals surface area (Å²) in [6, 6.07) is 2.60. The van der Waals surface area contributed by atoms with Crippen molar-refractivity contribution in [1.82, 2.24) is 5.32 Å². The van der Waals surface area contributed by atoms with Gasteiger partial charge in [0.2, 0.25) is 0 Å². The minimum Gasteiger partial charge on any atom is -0.496 e. The van der Waals surface area contributed by atoms with Crippen LogP contribution in [0.2, 0.25) is 0 Å². The molecule has 0 radical (unpaired) electrons. The lowest BCUT2D eigenvalue weighted by Crippen LogP contribution is -2.43. The van der Waals surface area contributed by atoms with Crippen LogP contribution in [0.3, 0.4) is 0 Å². The van der Waals surface area contributed by atoms with Crippen LogP contribution in [-0.4, -0.2) is 37.9 Å². The molecule has 2 saturated heterocycles. The normalized spacial score (nSPS) is 31.6. The monoisotopic (exact) mass is 313 g/mol. The lowest BCUT2D eigenvalue weighted by molar-refractivity contribution is -0.0848. The van der Waals surface area contributed by atoms with E-state index in [1.807, 2.05) is 11.8 Å². The summed E-state index contributed by atoms with van der Waals surface area (Å²) in [4.78, 5) is 1.39. The number of rotatable bonds is 4. The van der Waals surface area contributed by atoms with E-state index >= 15 is 0 Å². The summed E-state index contributed by atoms with van der Waals surface area (Å²) in [6.45, 7) is 0.909. The summed E-state index contributed by atoms with van der Waals surface area (Å²) >= 11 is 3.84. The molecule has 0 amide bonds. The molecule has 0 bridgehead atoms. The number of nitrogens with one attached hydrogen (secondary N) is 1. The summed E-state index contributed by atoms with van der Waals surface area (Å²) in [5, 5.41) is 5.62. The fourth-order valence-corrected chi connectivity index (χ4v) is 5.86. The van der Waals surface area contributed by atoms with Gasteiger partial charge in [0.25, 0.3) is 0 Å². The van der Waals surface area contributed by atoms with Gasteiger partial charge in [-0.1, -0.05) is 0 Å². The van der Waals surface area contributed by atoms with Gasteiger partial charge in [0.15, 0.2) is 0 Å². The minimum atomic E-state index is 0.157. The molecule has 1 aromatic rings. The van der Waals surface area contributed by atoms with Gasteiger partial charge in [-0.15, -0.1) is 11.3 Å². The Balaban J connectivity index is 1.75. The van der Waals surface area contributed by atoms with E-state index in [-0.39, 0.29) is 5.60 Å². The quantitative estimate of drug-likeness (QED) is 0.924. The highest BCUT2D eigenvalue weighted by Crippen LogP contribution is 2.45. The molecule has 0 saturated carbocycles. The predicted molar refractivity (Wildman–Crippen MR) is 86.0 cm³/mol. The second-order valence-electron chi connectivity index (χ2n) is 5.74. The molecule has 3 unspecified atom stereocenters. The Morgan fingerprint density at radius 2 is 2.45 bits per heavy atom. The van der Waals surface area contributed by atoms with Crippen molar-refractivity contribution < 1.29 is 9.47 Å². The first-order valence-electron chi connectivity index (χ1n) is 7.28. The van der Waals surface area contributed by atoms with Crippen LogP contribution in [0.4, 0.5) is 0 Å². The van der Waals surface area contributed by atoms with E-state index in [0.717, 1.165) is 18.8 Å². The average molecular weight is 313 g/mol. The summed E-state index contributed by atoms with van der Waals surface area (Å²) in [6.07, 6.45) is 3.56. The Labute approximate surface area is 129 Å². The van der Waals surface area contributed by atoms with E-state index < -0.39 is 0 Å². The zero-order valence-electron chi connectivity index (χ0n) is 12.2. The van der Waals surface area contributed by atoms with E-state index in [1.165, 1.54) is 29.2 Å². The summed E-state index contributed by atoms with van der Waals surface area (Å²) in [5.41, 5.74) is 0.157. The predicted octanol–water partition coefficient (Wildman–Crippen LogP) is 3.32. The number of thioether (sulfide) groups is 1. The molecule has 1 aromatic heterocycles. The van der Waals surface area contributed by atoms with Gasteiger partial charge >= 0.3 is 0 Å². The third-order valence-electron chi connectivity index (χ3n) is 4.52. The molecule has 1 spiro atoms. The maximum absolute atomic E-state index is 6.14. The van der Waals surface area contributed by atoms with Crippen molar-refractivity contribution >= 4 is 23.1 Å². The van der Waals surface area contributed by atoms with E-state index in [1.54, 1.807) is 18.4 Å². The molecule has 5 heteroatoms. The molecule has 2 aliphatic rings. The second kappa shape index (κ2) is 6.26. The summed E-state index contributed by atoms with van der Waals surface area (Å²) in [5.74, 6) is 4.07. The van der Waals surface area contributed by atoms with E-state index in [4.69, 9.17) is 9.47 Å². The molecular weight excluding hydrogens is 290 g/mol. The molecule has 3 nitrogen and oxygen atoms in total. The first-order valence-corrected chi connectivity index (χ1v) is 9.31. The van der Waals surface area contributed by atoms with Crippen molar-refractivity contribution in [3.63, 3.8) is 0 Å². The van der Waals surface area contributed by atoms with Crippen LogP contribution in [0.15, 0.2) is 11.4 Å². The van der Waals surface area contributed by atoms with Gasteiger partial charge in [-0.05, 0) is 44.0 Å². The smallest absolute Gasteiger partial charge is 0.129 e. The fourth-order valence-electron chi connectivity index (χ4n) is 3.43. The minimum absolute atomic E-state index is 0.157. The molecule has 20 heavy (non-hydrogen) atoms. The molecular formula is C15H23NO2S2. The number of hydrogen-bond donors (Lipinski definition) is 1. The van der Waals surface area contributed by atoms with Crippen molar-refractivity contribution in [2.75, 3.05) is 32.3 Å². The molecule has 1 N–H and O–H groups in total. The van der Waals surface area contributed by atoms with Gasteiger partial charge in [0.1, 0.15) is 5.75 Å². The van der Waals surface area contributed by atoms with Gasteiger partial charge in [0, 0.05) is 28.7 Å². The molecule has 112 valence electrons. The molecule has 3 heterocycles. The average Bonchev–Trinajstić information content (AvgIpc) is 3.10. The van der Waals surface area contributed by atoms with Crippen LogP contribution in [0.1, 0.15) is 30.2 Å². The Morgan fingerprint density at radius 3 is 3.10 bits per heavy atom. The highest BCUT2D eigenvalue weighted by atomic mass is 32.2. The Kier molecular flexibility index (Phi) is 4.60. The molecule has 2 fully saturated rings. The lowest BCUT2D eigenvalue weighted by Gasteiger charge is -2.40. The Bertz CT molecular complexity index is 443.